The lowest BCUT2D eigenvalue weighted by Gasteiger charge is -2.16. The molecule has 0 aromatic heterocycles. The summed E-state index contributed by atoms with van der Waals surface area (Å²) in [7, 11) is 1.65. The molecule has 0 saturated heterocycles. The molecule has 142 valence electrons. The number of benzene rings is 2. The van der Waals surface area contributed by atoms with E-state index in [2.05, 4.69) is 5.32 Å². The third-order valence-corrected chi connectivity index (χ3v) is 4.92. The average molecular weight is 367 g/mol. The minimum absolute atomic E-state index is 0.156. The van der Waals surface area contributed by atoms with E-state index in [1.54, 1.807) is 13.2 Å². The van der Waals surface area contributed by atoms with Gasteiger partial charge in [0.2, 0.25) is 0 Å². The van der Waals surface area contributed by atoms with Crippen LogP contribution in [-0.2, 0) is 16.1 Å². The van der Waals surface area contributed by atoms with E-state index in [9.17, 15) is 9.59 Å². The molecule has 1 fully saturated rings. The van der Waals surface area contributed by atoms with Crippen LogP contribution in [0.2, 0.25) is 0 Å². The van der Waals surface area contributed by atoms with Crippen LogP contribution < -0.4 is 10.1 Å². The zero-order chi connectivity index (χ0) is 19.1. The maximum atomic E-state index is 12.4. The van der Waals surface area contributed by atoms with Crippen molar-refractivity contribution in [3.05, 3.63) is 65.2 Å². The molecule has 1 aliphatic rings. The predicted molar refractivity (Wildman–Crippen MR) is 103 cm³/mol. The van der Waals surface area contributed by atoms with E-state index in [0.29, 0.717) is 11.5 Å². The van der Waals surface area contributed by atoms with Crippen LogP contribution in [0.1, 0.15) is 53.1 Å². The van der Waals surface area contributed by atoms with Gasteiger partial charge in [-0.25, -0.2) is 0 Å². The van der Waals surface area contributed by atoms with Crippen LogP contribution in [0.25, 0.3) is 0 Å². The number of hydrogen-bond donors (Lipinski definition) is 1. The Morgan fingerprint density at radius 2 is 1.81 bits per heavy atom. The minimum Gasteiger partial charge on any atom is -0.496 e. The first-order valence-electron chi connectivity index (χ1n) is 9.33. The Labute approximate surface area is 159 Å². The average Bonchev–Trinajstić information content (AvgIpc) is 3.25. The first-order chi connectivity index (χ1) is 13.2. The molecule has 3 rings (SSSR count). The van der Waals surface area contributed by atoms with Crippen molar-refractivity contribution in [1.29, 1.82) is 0 Å². The largest absolute Gasteiger partial charge is 0.496 e. The van der Waals surface area contributed by atoms with Crippen LogP contribution in [0.15, 0.2) is 48.5 Å². The molecule has 5 heteroatoms. The van der Waals surface area contributed by atoms with Gasteiger partial charge < -0.3 is 14.8 Å². The predicted octanol–water partition coefficient (Wildman–Crippen LogP) is 3.83. The highest BCUT2D eigenvalue weighted by Gasteiger charge is 2.22. The van der Waals surface area contributed by atoms with E-state index in [4.69, 9.17) is 9.47 Å². The summed E-state index contributed by atoms with van der Waals surface area (Å²) in [6, 6.07) is 14.9. The van der Waals surface area contributed by atoms with Gasteiger partial charge in [0.1, 0.15) is 18.9 Å². The van der Waals surface area contributed by atoms with E-state index in [0.717, 1.165) is 29.7 Å². The first kappa shape index (κ1) is 19.0. The lowest BCUT2D eigenvalue weighted by atomic mass is 9.94. The molecule has 1 N–H and O–H groups in total. The molecule has 0 bridgehead atoms. The van der Waals surface area contributed by atoms with Crippen LogP contribution in [0.5, 0.6) is 5.75 Å². The zero-order valence-corrected chi connectivity index (χ0v) is 15.6. The number of esters is 1. The summed E-state index contributed by atoms with van der Waals surface area (Å²) in [5.41, 5.74) is 2.52. The van der Waals surface area contributed by atoms with Crippen LogP contribution in [0.3, 0.4) is 0 Å². The van der Waals surface area contributed by atoms with E-state index in [1.165, 1.54) is 12.8 Å². The molecule has 2 aromatic rings. The molecule has 0 aliphatic heterocycles. The molecule has 1 saturated carbocycles. The van der Waals surface area contributed by atoms with Gasteiger partial charge in [-0.1, -0.05) is 43.2 Å². The summed E-state index contributed by atoms with van der Waals surface area (Å²) in [6.45, 7) is 0.0420. The summed E-state index contributed by atoms with van der Waals surface area (Å²) in [6.07, 6.45) is 4.65. The topological polar surface area (TPSA) is 64.6 Å². The Morgan fingerprint density at radius 1 is 1.07 bits per heavy atom. The third kappa shape index (κ3) is 5.09. The highest BCUT2D eigenvalue weighted by molar-refractivity contribution is 5.96. The second kappa shape index (κ2) is 9.21. The van der Waals surface area contributed by atoms with E-state index >= 15 is 0 Å². The maximum absolute atomic E-state index is 12.4. The monoisotopic (exact) mass is 367 g/mol. The molecule has 0 radical (unpaired) electrons. The molecule has 0 spiro atoms. The quantitative estimate of drug-likeness (QED) is 0.756. The van der Waals surface area contributed by atoms with E-state index in [-0.39, 0.29) is 19.1 Å². The molecule has 0 atom stereocenters. The van der Waals surface area contributed by atoms with Gasteiger partial charge >= 0.3 is 5.97 Å². The van der Waals surface area contributed by atoms with Crippen molar-refractivity contribution in [3.63, 3.8) is 0 Å². The van der Waals surface area contributed by atoms with Crippen molar-refractivity contribution < 1.29 is 19.1 Å². The number of hydrogen-bond acceptors (Lipinski definition) is 4. The highest BCUT2D eigenvalue weighted by Crippen LogP contribution is 2.39. The number of amides is 1. The Bertz CT molecular complexity index is 782. The fraction of sp³-hybridized carbons (Fsp3) is 0.364. The zero-order valence-electron chi connectivity index (χ0n) is 15.6. The van der Waals surface area contributed by atoms with Gasteiger partial charge in [0, 0.05) is 5.56 Å². The van der Waals surface area contributed by atoms with E-state index < -0.39 is 5.97 Å². The Morgan fingerprint density at radius 3 is 2.52 bits per heavy atom. The van der Waals surface area contributed by atoms with Gasteiger partial charge in [0.05, 0.1) is 7.11 Å². The normalized spacial score (nSPS) is 14.0. The molecule has 2 aromatic carbocycles. The summed E-state index contributed by atoms with van der Waals surface area (Å²) in [5, 5.41) is 2.64. The van der Waals surface area contributed by atoms with Crippen molar-refractivity contribution in [2.24, 2.45) is 0 Å². The molecule has 5 nitrogen and oxygen atoms in total. The smallest absolute Gasteiger partial charge is 0.325 e. The molecule has 0 unspecified atom stereocenters. The SMILES string of the molecule is COc1ccc(C(=O)NCC(=O)OCc2ccccc2)cc1C1CCCC1. The molecule has 0 heterocycles. The summed E-state index contributed by atoms with van der Waals surface area (Å²) >= 11 is 0. The van der Waals surface area contributed by atoms with Crippen molar-refractivity contribution in [3.8, 4) is 5.75 Å². The van der Waals surface area contributed by atoms with Gasteiger partial charge in [0.25, 0.3) is 5.91 Å². The number of rotatable bonds is 7. The minimum atomic E-state index is -0.461. The van der Waals surface area contributed by atoms with Crippen LogP contribution in [0.4, 0.5) is 0 Å². The number of nitrogens with one attached hydrogen (secondary N) is 1. The maximum Gasteiger partial charge on any atom is 0.325 e. The Hall–Kier alpha value is -2.82. The van der Waals surface area contributed by atoms with Crippen molar-refractivity contribution >= 4 is 11.9 Å². The molecule has 27 heavy (non-hydrogen) atoms. The van der Waals surface area contributed by atoms with Gasteiger partial charge in [-0.05, 0) is 48.1 Å². The van der Waals surface area contributed by atoms with Gasteiger partial charge in [-0.15, -0.1) is 0 Å². The lowest BCUT2D eigenvalue weighted by molar-refractivity contribution is -0.143. The third-order valence-electron chi connectivity index (χ3n) is 4.92. The second-order valence-electron chi connectivity index (χ2n) is 6.77. The summed E-state index contributed by atoms with van der Waals surface area (Å²) in [5.74, 6) is 0.509. The Balaban J connectivity index is 1.55. The number of ether oxygens (including phenoxy) is 2. The molecule has 1 amide bonds. The van der Waals surface area contributed by atoms with E-state index in [1.807, 2.05) is 42.5 Å². The first-order valence-corrected chi connectivity index (χ1v) is 9.33. The number of methoxy groups -OCH3 is 1. The lowest BCUT2D eigenvalue weighted by Crippen LogP contribution is -2.30. The summed E-state index contributed by atoms with van der Waals surface area (Å²) < 4.78 is 10.6. The Kier molecular flexibility index (Phi) is 6.47. The fourth-order valence-electron chi connectivity index (χ4n) is 3.48. The van der Waals surface area contributed by atoms with Crippen LogP contribution in [0, 0.1) is 0 Å². The number of carbonyl (C=O) groups is 2. The van der Waals surface area contributed by atoms with Gasteiger partial charge in [-0.2, -0.15) is 0 Å². The molecule has 1 aliphatic carbocycles. The van der Waals surface area contributed by atoms with Crippen LogP contribution in [-0.4, -0.2) is 25.5 Å². The summed E-state index contributed by atoms with van der Waals surface area (Å²) in [4.78, 5) is 24.3. The van der Waals surface area contributed by atoms with Crippen LogP contribution >= 0.6 is 0 Å². The van der Waals surface area contributed by atoms with Gasteiger partial charge in [-0.3, -0.25) is 9.59 Å². The molecular formula is C22H25NO4. The number of carbonyl (C=O) groups excluding carboxylic acids is 2. The second-order valence-corrected chi connectivity index (χ2v) is 6.77. The highest BCUT2D eigenvalue weighted by atomic mass is 16.5. The standard InChI is InChI=1S/C22H25NO4/c1-26-20-12-11-18(13-19(20)17-9-5-6-10-17)22(25)23-14-21(24)27-15-16-7-3-2-4-8-16/h2-4,7-8,11-13,17H,5-6,9-10,14-15H2,1H3,(H,23,25). The molecular weight excluding hydrogens is 342 g/mol. The van der Waals surface area contributed by atoms with Crippen molar-refractivity contribution in [1.82, 2.24) is 5.32 Å². The van der Waals surface area contributed by atoms with Gasteiger partial charge in [0.15, 0.2) is 0 Å². The fourth-order valence-corrected chi connectivity index (χ4v) is 3.48. The van der Waals surface area contributed by atoms with Crippen molar-refractivity contribution in [2.75, 3.05) is 13.7 Å². The van der Waals surface area contributed by atoms with Crippen molar-refractivity contribution in [2.45, 2.75) is 38.2 Å².